The Balaban J connectivity index is 1.91. The van der Waals surface area contributed by atoms with Crippen molar-refractivity contribution in [3.05, 3.63) is 60.7 Å². The van der Waals surface area contributed by atoms with Crippen LogP contribution in [0.15, 0.2) is 64.5 Å². The predicted octanol–water partition coefficient (Wildman–Crippen LogP) is 2.87. The Labute approximate surface area is 154 Å². The van der Waals surface area contributed by atoms with E-state index in [9.17, 15) is 9.59 Å². The van der Waals surface area contributed by atoms with Crippen LogP contribution >= 0.6 is 11.8 Å². The van der Waals surface area contributed by atoms with Crippen LogP contribution in [0.1, 0.15) is 12.7 Å². The molecule has 2 aromatic heterocycles. The van der Waals surface area contributed by atoms with Gasteiger partial charge in [-0.15, -0.1) is 0 Å². The predicted molar refractivity (Wildman–Crippen MR) is 98.5 cm³/mol. The molecule has 0 aliphatic rings. The maximum absolute atomic E-state index is 12.0. The molecule has 1 aromatic carbocycles. The van der Waals surface area contributed by atoms with E-state index < -0.39 is 17.2 Å². The molecule has 134 valence electrons. The number of urea groups is 1. The third kappa shape index (κ3) is 4.15. The standard InChI is InChI=1S/C18H18N4O3S/c1-12(16(23)21-17(19)24)26-18-20-10-15(13-6-3-2-4-7-13)22(18)11-14-8-5-9-25-14/h2-10,12H,11H2,1H3,(H3,19,21,23,24)/t12-/m1/s1. The highest BCUT2D eigenvalue weighted by Crippen LogP contribution is 2.29. The first kappa shape index (κ1) is 17.8. The second-order valence-corrected chi connectivity index (χ2v) is 6.88. The molecule has 0 radical (unpaired) electrons. The van der Waals surface area contributed by atoms with Gasteiger partial charge in [-0.05, 0) is 24.6 Å². The zero-order valence-electron chi connectivity index (χ0n) is 14.1. The van der Waals surface area contributed by atoms with Crippen molar-refractivity contribution >= 4 is 23.7 Å². The van der Waals surface area contributed by atoms with Crippen LogP contribution in [0.4, 0.5) is 4.79 Å². The minimum atomic E-state index is -0.869. The number of imide groups is 1. The fraction of sp³-hybridized carbons (Fsp3) is 0.167. The molecule has 0 saturated heterocycles. The van der Waals surface area contributed by atoms with Gasteiger partial charge in [-0.3, -0.25) is 10.1 Å². The molecule has 0 bridgehead atoms. The van der Waals surface area contributed by atoms with Crippen molar-refractivity contribution < 1.29 is 14.0 Å². The number of hydrogen-bond acceptors (Lipinski definition) is 5. The van der Waals surface area contributed by atoms with Gasteiger partial charge < -0.3 is 14.7 Å². The summed E-state index contributed by atoms with van der Waals surface area (Å²) in [7, 11) is 0. The van der Waals surface area contributed by atoms with E-state index >= 15 is 0 Å². The number of thioether (sulfide) groups is 1. The lowest BCUT2D eigenvalue weighted by Gasteiger charge is -2.13. The summed E-state index contributed by atoms with van der Waals surface area (Å²) in [6.07, 6.45) is 3.38. The SMILES string of the molecule is C[C@@H](Sc1ncc(-c2ccccc2)n1Cc1ccco1)C(=O)NC(N)=O. The second-order valence-electron chi connectivity index (χ2n) is 5.57. The Morgan fingerprint density at radius 1 is 1.27 bits per heavy atom. The summed E-state index contributed by atoms with van der Waals surface area (Å²) < 4.78 is 7.44. The highest BCUT2D eigenvalue weighted by Gasteiger charge is 2.21. The van der Waals surface area contributed by atoms with E-state index in [1.165, 1.54) is 11.8 Å². The molecule has 26 heavy (non-hydrogen) atoms. The average Bonchev–Trinajstić information content (AvgIpc) is 3.26. The largest absolute Gasteiger partial charge is 0.467 e. The number of nitrogens with zero attached hydrogens (tertiary/aromatic N) is 2. The van der Waals surface area contributed by atoms with Crippen LogP contribution in [-0.4, -0.2) is 26.7 Å². The van der Waals surface area contributed by atoms with Crippen LogP contribution in [0.5, 0.6) is 0 Å². The van der Waals surface area contributed by atoms with Crippen molar-refractivity contribution in [3.63, 3.8) is 0 Å². The van der Waals surface area contributed by atoms with Crippen LogP contribution in [0.2, 0.25) is 0 Å². The number of nitrogens with two attached hydrogens (primary N) is 1. The number of amides is 3. The fourth-order valence-electron chi connectivity index (χ4n) is 2.44. The van der Waals surface area contributed by atoms with Gasteiger partial charge in [0.05, 0.1) is 29.9 Å². The smallest absolute Gasteiger partial charge is 0.318 e. The Morgan fingerprint density at radius 3 is 2.69 bits per heavy atom. The molecule has 3 N–H and O–H groups in total. The van der Waals surface area contributed by atoms with Crippen molar-refractivity contribution in [2.24, 2.45) is 5.73 Å². The number of aromatic nitrogens is 2. The van der Waals surface area contributed by atoms with Crippen LogP contribution in [-0.2, 0) is 11.3 Å². The molecule has 7 nitrogen and oxygen atoms in total. The summed E-state index contributed by atoms with van der Waals surface area (Å²) >= 11 is 1.25. The van der Waals surface area contributed by atoms with Crippen molar-refractivity contribution in [2.75, 3.05) is 0 Å². The molecule has 3 aromatic rings. The highest BCUT2D eigenvalue weighted by molar-refractivity contribution is 8.00. The quantitative estimate of drug-likeness (QED) is 0.650. The Hall–Kier alpha value is -3.00. The number of benzene rings is 1. The lowest BCUT2D eigenvalue weighted by Crippen LogP contribution is -2.39. The highest BCUT2D eigenvalue weighted by atomic mass is 32.2. The topological polar surface area (TPSA) is 103 Å². The Kier molecular flexibility index (Phi) is 5.43. The van der Waals surface area contributed by atoms with Crippen molar-refractivity contribution in [1.29, 1.82) is 0 Å². The number of rotatable bonds is 6. The van der Waals surface area contributed by atoms with E-state index in [1.54, 1.807) is 19.4 Å². The van der Waals surface area contributed by atoms with E-state index in [-0.39, 0.29) is 0 Å². The summed E-state index contributed by atoms with van der Waals surface area (Å²) in [4.78, 5) is 27.3. The maximum atomic E-state index is 12.0. The number of primary amides is 1. The van der Waals surface area contributed by atoms with Crippen LogP contribution < -0.4 is 11.1 Å². The lowest BCUT2D eigenvalue weighted by atomic mass is 10.2. The number of carbonyl (C=O) groups excluding carboxylic acids is 2. The van der Waals surface area contributed by atoms with Crippen molar-refractivity contribution in [2.45, 2.75) is 23.9 Å². The van der Waals surface area contributed by atoms with Gasteiger partial charge >= 0.3 is 6.03 Å². The molecule has 3 rings (SSSR count). The maximum Gasteiger partial charge on any atom is 0.318 e. The van der Waals surface area contributed by atoms with Crippen molar-refractivity contribution in [3.8, 4) is 11.3 Å². The number of hydrogen-bond donors (Lipinski definition) is 2. The zero-order valence-corrected chi connectivity index (χ0v) is 14.9. The number of carbonyl (C=O) groups is 2. The second kappa shape index (κ2) is 7.92. The molecule has 0 unspecified atom stereocenters. The van der Waals surface area contributed by atoms with Gasteiger partial charge in [0.1, 0.15) is 5.76 Å². The summed E-state index contributed by atoms with van der Waals surface area (Å²) in [5, 5.41) is 2.20. The number of imidazole rings is 1. The molecule has 8 heteroatoms. The van der Waals surface area contributed by atoms with E-state index in [4.69, 9.17) is 10.2 Å². The molecular weight excluding hydrogens is 352 g/mol. The first-order valence-corrected chi connectivity index (χ1v) is 8.83. The van der Waals surface area contributed by atoms with Crippen LogP contribution in [0, 0.1) is 0 Å². The molecule has 0 saturated carbocycles. The Morgan fingerprint density at radius 2 is 2.04 bits per heavy atom. The minimum Gasteiger partial charge on any atom is -0.467 e. The fourth-order valence-corrected chi connectivity index (χ4v) is 3.32. The van der Waals surface area contributed by atoms with E-state index in [2.05, 4.69) is 10.3 Å². The van der Waals surface area contributed by atoms with Gasteiger partial charge in [-0.2, -0.15) is 0 Å². The molecular formula is C18H18N4O3S. The number of furan rings is 1. The van der Waals surface area contributed by atoms with E-state index in [1.807, 2.05) is 47.0 Å². The first-order chi connectivity index (χ1) is 12.5. The van der Waals surface area contributed by atoms with Crippen LogP contribution in [0.25, 0.3) is 11.3 Å². The zero-order chi connectivity index (χ0) is 18.5. The summed E-state index contributed by atoms with van der Waals surface area (Å²) in [6.45, 7) is 2.17. The summed E-state index contributed by atoms with van der Waals surface area (Å²) in [6, 6.07) is 12.7. The monoisotopic (exact) mass is 370 g/mol. The minimum absolute atomic E-state index is 0.462. The summed E-state index contributed by atoms with van der Waals surface area (Å²) in [5.41, 5.74) is 6.93. The molecule has 0 spiro atoms. The van der Waals surface area contributed by atoms with Gasteiger partial charge in [-0.25, -0.2) is 9.78 Å². The third-order valence-electron chi connectivity index (χ3n) is 3.68. The molecule has 3 amide bonds. The van der Waals surface area contributed by atoms with Crippen LogP contribution in [0.3, 0.4) is 0 Å². The Bertz CT molecular complexity index is 891. The van der Waals surface area contributed by atoms with E-state index in [0.29, 0.717) is 11.7 Å². The molecule has 0 aliphatic carbocycles. The number of nitrogens with one attached hydrogen (secondary N) is 1. The van der Waals surface area contributed by atoms with Gasteiger partial charge in [-0.1, -0.05) is 42.1 Å². The molecule has 1 atom stereocenters. The van der Waals surface area contributed by atoms with Gasteiger partial charge in [0.15, 0.2) is 5.16 Å². The van der Waals surface area contributed by atoms with E-state index in [0.717, 1.165) is 17.0 Å². The molecule has 0 fully saturated rings. The first-order valence-electron chi connectivity index (χ1n) is 7.95. The normalized spacial score (nSPS) is 11.9. The molecule has 0 aliphatic heterocycles. The van der Waals surface area contributed by atoms with Gasteiger partial charge in [0.2, 0.25) is 5.91 Å². The van der Waals surface area contributed by atoms with Gasteiger partial charge in [0, 0.05) is 0 Å². The molecule has 2 heterocycles. The lowest BCUT2D eigenvalue weighted by molar-refractivity contribution is -0.119. The third-order valence-corrected chi connectivity index (χ3v) is 4.78. The average molecular weight is 370 g/mol. The summed E-state index contributed by atoms with van der Waals surface area (Å²) in [5.74, 6) is 0.313. The van der Waals surface area contributed by atoms with Crippen molar-refractivity contribution in [1.82, 2.24) is 14.9 Å². The van der Waals surface area contributed by atoms with Gasteiger partial charge in [0.25, 0.3) is 0 Å².